The molecule has 0 spiro atoms. The van der Waals surface area contributed by atoms with Gasteiger partial charge in [-0.1, -0.05) is 6.07 Å². The summed E-state index contributed by atoms with van der Waals surface area (Å²) in [5.74, 6) is 1.33. The third-order valence-corrected chi connectivity index (χ3v) is 5.32. The van der Waals surface area contributed by atoms with Crippen molar-refractivity contribution in [1.29, 1.82) is 0 Å². The van der Waals surface area contributed by atoms with Gasteiger partial charge in [-0.3, -0.25) is 4.79 Å². The summed E-state index contributed by atoms with van der Waals surface area (Å²) in [4.78, 5) is 22.5. The lowest BCUT2D eigenvalue weighted by molar-refractivity contribution is -0.115. The van der Waals surface area contributed by atoms with Gasteiger partial charge >= 0.3 is 0 Å². The molecule has 1 N–H and O–H groups in total. The van der Waals surface area contributed by atoms with Gasteiger partial charge in [-0.05, 0) is 62.0 Å². The van der Waals surface area contributed by atoms with Crippen molar-refractivity contribution >= 4 is 23.4 Å². The van der Waals surface area contributed by atoms with Gasteiger partial charge in [0.25, 0.3) is 0 Å². The predicted octanol–water partition coefficient (Wildman–Crippen LogP) is 4.45. The Kier molecular flexibility index (Phi) is 7.36. The molecule has 2 aromatic carbocycles. The molecule has 1 heterocycles. The second-order valence-corrected chi connectivity index (χ2v) is 7.82. The van der Waals surface area contributed by atoms with Crippen molar-refractivity contribution in [1.82, 2.24) is 9.97 Å². The van der Waals surface area contributed by atoms with Crippen molar-refractivity contribution in [3.8, 4) is 17.2 Å². The van der Waals surface area contributed by atoms with E-state index < -0.39 is 0 Å². The van der Waals surface area contributed by atoms with Gasteiger partial charge in [0.05, 0.1) is 27.8 Å². The molecule has 0 saturated carbocycles. The average molecular weight is 440 g/mol. The molecule has 1 amide bonds. The zero-order valence-electron chi connectivity index (χ0n) is 18.2. The van der Waals surface area contributed by atoms with Crippen molar-refractivity contribution in [3.05, 3.63) is 59.4 Å². The highest BCUT2D eigenvalue weighted by atomic mass is 32.2. The second-order valence-electron chi connectivity index (χ2n) is 6.78. The van der Waals surface area contributed by atoms with E-state index in [1.165, 1.54) is 26.0 Å². The Morgan fingerprint density at radius 2 is 1.55 bits per heavy atom. The van der Waals surface area contributed by atoms with E-state index in [1.807, 2.05) is 44.2 Å². The first-order valence-corrected chi connectivity index (χ1v) is 10.4. The smallest absolute Gasteiger partial charge is 0.228 e. The van der Waals surface area contributed by atoms with Crippen LogP contribution in [0.3, 0.4) is 0 Å². The number of ether oxygens (including phenoxy) is 3. The molecule has 1 aromatic heterocycles. The summed E-state index contributed by atoms with van der Waals surface area (Å²) in [6.07, 6.45) is 0.135. The number of amides is 1. The molecule has 0 bridgehead atoms. The van der Waals surface area contributed by atoms with Crippen LogP contribution in [0.4, 0.5) is 5.69 Å². The molecular formula is C23H25N3O4S. The summed E-state index contributed by atoms with van der Waals surface area (Å²) >= 11 is 1.48. The number of aryl methyl sites for hydroxylation is 2. The Bertz CT molecular complexity index is 1050. The number of carbonyl (C=O) groups is 1. The normalized spacial score (nSPS) is 10.5. The number of aromatic nitrogens is 2. The fourth-order valence-corrected chi connectivity index (χ4v) is 3.99. The standard InChI is InChI=1S/C23H25N3O4S/c1-14-12-15(2)25-23(24-14)31-18-9-7-17(8-10-18)26-20(27)13-16-6-11-19(28-3)22(30-5)21(16)29-4/h6-12H,13H2,1-5H3,(H,26,27). The fourth-order valence-electron chi connectivity index (χ4n) is 3.13. The van der Waals surface area contributed by atoms with E-state index in [4.69, 9.17) is 14.2 Å². The van der Waals surface area contributed by atoms with Gasteiger partial charge in [-0.25, -0.2) is 9.97 Å². The highest BCUT2D eigenvalue weighted by Crippen LogP contribution is 2.40. The fraction of sp³-hybridized carbons (Fsp3) is 0.261. The molecule has 0 fully saturated rings. The third kappa shape index (κ3) is 5.67. The van der Waals surface area contributed by atoms with Gasteiger partial charge in [0.1, 0.15) is 0 Å². The molecule has 31 heavy (non-hydrogen) atoms. The monoisotopic (exact) mass is 439 g/mol. The van der Waals surface area contributed by atoms with Crippen LogP contribution in [0, 0.1) is 13.8 Å². The lowest BCUT2D eigenvalue weighted by Crippen LogP contribution is -2.15. The Hall–Kier alpha value is -3.26. The minimum absolute atomic E-state index is 0.135. The summed E-state index contributed by atoms with van der Waals surface area (Å²) in [5.41, 5.74) is 3.28. The van der Waals surface area contributed by atoms with E-state index in [0.717, 1.165) is 16.3 Å². The summed E-state index contributed by atoms with van der Waals surface area (Å²) in [6, 6.07) is 13.1. The Labute approximate surface area is 186 Å². The third-order valence-electron chi connectivity index (χ3n) is 4.45. The molecule has 3 aromatic rings. The Balaban J connectivity index is 1.67. The quantitative estimate of drug-likeness (QED) is 0.519. The first-order valence-electron chi connectivity index (χ1n) is 9.61. The molecule has 0 saturated heterocycles. The topological polar surface area (TPSA) is 82.6 Å². The van der Waals surface area contributed by atoms with Crippen molar-refractivity contribution in [2.45, 2.75) is 30.3 Å². The number of nitrogens with one attached hydrogen (secondary N) is 1. The zero-order valence-corrected chi connectivity index (χ0v) is 19.0. The average Bonchev–Trinajstić information content (AvgIpc) is 2.74. The number of carbonyl (C=O) groups excluding carboxylic acids is 1. The SMILES string of the molecule is COc1ccc(CC(=O)Nc2ccc(Sc3nc(C)cc(C)n3)cc2)c(OC)c1OC. The molecule has 0 aliphatic carbocycles. The maximum atomic E-state index is 12.6. The minimum Gasteiger partial charge on any atom is -0.493 e. The van der Waals surface area contributed by atoms with Crippen molar-refractivity contribution in [2.75, 3.05) is 26.6 Å². The summed E-state index contributed by atoms with van der Waals surface area (Å²) < 4.78 is 16.1. The minimum atomic E-state index is -0.163. The molecule has 3 rings (SSSR count). The van der Waals surface area contributed by atoms with E-state index in [-0.39, 0.29) is 12.3 Å². The number of benzene rings is 2. The van der Waals surface area contributed by atoms with E-state index in [1.54, 1.807) is 19.2 Å². The van der Waals surface area contributed by atoms with E-state index in [0.29, 0.717) is 33.7 Å². The molecule has 8 heteroatoms. The van der Waals surface area contributed by atoms with Crippen molar-refractivity contribution < 1.29 is 19.0 Å². The van der Waals surface area contributed by atoms with Crippen LogP contribution in [0.2, 0.25) is 0 Å². The molecule has 0 aliphatic rings. The van der Waals surface area contributed by atoms with E-state index in [2.05, 4.69) is 15.3 Å². The maximum Gasteiger partial charge on any atom is 0.228 e. The zero-order chi connectivity index (χ0) is 22.4. The van der Waals surface area contributed by atoms with Gasteiger partial charge in [0.2, 0.25) is 11.7 Å². The molecule has 0 unspecified atom stereocenters. The number of methoxy groups -OCH3 is 3. The number of hydrogen-bond acceptors (Lipinski definition) is 7. The molecule has 0 aliphatic heterocycles. The molecule has 7 nitrogen and oxygen atoms in total. The summed E-state index contributed by atoms with van der Waals surface area (Å²) in [5, 5.41) is 3.61. The van der Waals surface area contributed by atoms with Crippen LogP contribution < -0.4 is 19.5 Å². The summed E-state index contributed by atoms with van der Waals surface area (Å²) in [6.45, 7) is 3.90. The van der Waals surface area contributed by atoms with Gasteiger partial charge in [0, 0.05) is 27.5 Å². The van der Waals surface area contributed by atoms with Gasteiger partial charge < -0.3 is 19.5 Å². The van der Waals surface area contributed by atoms with Gasteiger partial charge in [0.15, 0.2) is 16.7 Å². The van der Waals surface area contributed by atoms with Crippen LogP contribution >= 0.6 is 11.8 Å². The van der Waals surface area contributed by atoms with Crippen LogP contribution in [-0.4, -0.2) is 37.2 Å². The number of rotatable bonds is 8. The molecular weight excluding hydrogens is 414 g/mol. The molecule has 162 valence electrons. The molecule has 0 radical (unpaired) electrons. The number of hydrogen-bond donors (Lipinski definition) is 1. The highest BCUT2D eigenvalue weighted by molar-refractivity contribution is 7.99. The van der Waals surface area contributed by atoms with Crippen LogP contribution in [0.25, 0.3) is 0 Å². The first-order chi connectivity index (χ1) is 14.9. The highest BCUT2D eigenvalue weighted by Gasteiger charge is 2.18. The van der Waals surface area contributed by atoms with E-state index in [9.17, 15) is 4.79 Å². The Morgan fingerprint density at radius 3 is 2.13 bits per heavy atom. The van der Waals surface area contributed by atoms with Gasteiger partial charge in [-0.15, -0.1) is 0 Å². The van der Waals surface area contributed by atoms with Crippen molar-refractivity contribution in [2.24, 2.45) is 0 Å². The van der Waals surface area contributed by atoms with Crippen molar-refractivity contribution in [3.63, 3.8) is 0 Å². The number of anilines is 1. The molecule has 0 atom stereocenters. The largest absolute Gasteiger partial charge is 0.493 e. The van der Waals surface area contributed by atoms with Gasteiger partial charge in [-0.2, -0.15) is 0 Å². The van der Waals surface area contributed by atoms with E-state index >= 15 is 0 Å². The first kappa shape index (κ1) is 22.4. The summed E-state index contributed by atoms with van der Waals surface area (Å²) in [7, 11) is 4.62. The van der Waals surface area contributed by atoms with Crippen LogP contribution in [0.15, 0.2) is 52.5 Å². The van der Waals surface area contributed by atoms with Crippen LogP contribution in [0.1, 0.15) is 17.0 Å². The lowest BCUT2D eigenvalue weighted by atomic mass is 10.1. The Morgan fingerprint density at radius 1 is 0.903 bits per heavy atom. The van der Waals surface area contributed by atoms with Crippen LogP contribution in [-0.2, 0) is 11.2 Å². The lowest BCUT2D eigenvalue weighted by Gasteiger charge is -2.15. The second kappa shape index (κ2) is 10.2. The number of nitrogens with zero attached hydrogens (tertiary/aromatic N) is 2. The predicted molar refractivity (Wildman–Crippen MR) is 121 cm³/mol. The van der Waals surface area contributed by atoms with Crippen LogP contribution in [0.5, 0.6) is 17.2 Å². The maximum absolute atomic E-state index is 12.6.